The highest BCUT2D eigenvalue weighted by atomic mass is 32.2. The molecule has 1 unspecified atom stereocenters. The summed E-state index contributed by atoms with van der Waals surface area (Å²) in [6, 6.07) is 0. The number of aliphatic imine (C=N–C) groups is 1. The molecule has 1 aliphatic heterocycles. The van der Waals surface area contributed by atoms with Crippen LogP contribution in [0.5, 0.6) is 0 Å². The minimum atomic E-state index is 0.360. The molecule has 0 N–H and O–H groups in total. The van der Waals surface area contributed by atoms with Crippen molar-refractivity contribution in [3.05, 3.63) is 0 Å². The summed E-state index contributed by atoms with van der Waals surface area (Å²) in [4.78, 5) is 4.23. The van der Waals surface area contributed by atoms with E-state index in [2.05, 4.69) is 38.4 Å². The Bertz CT molecular complexity index is 157. The third-order valence-corrected chi connectivity index (χ3v) is 3.54. The highest BCUT2D eigenvalue weighted by molar-refractivity contribution is 8.33. The van der Waals surface area contributed by atoms with Crippen LogP contribution in [-0.2, 0) is 0 Å². The Labute approximate surface area is 72.1 Å². The van der Waals surface area contributed by atoms with Crippen molar-refractivity contribution in [1.29, 1.82) is 0 Å². The molecule has 0 fully saturated rings. The van der Waals surface area contributed by atoms with Gasteiger partial charge in [-0.25, -0.2) is 0 Å². The SMILES string of the molecule is CC(C)(C)C1CN=C(S)S1. The Balaban J connectivity index is 2.50. The molecular weight excluding hydrogens is 162 g/mol. The molecule has 0 aromatic rings. The lowest BCUT2D eigenvalue weighted by atomic mass is 9.92. The largest absolute Gasteiger partial charge is 0.271 e. The van der Waals surface area contributed by atoms with Crippen LogP contribution in [0.2, 0.25) is 0 Å². The van der Waals surface area contributed by atoms with Gasteiger partial charge in [-0.15, -0.1) is 12.6 Å². The third kappa shape index (κ3) is 1.92. The van der Waals surface area contributed by atoms with E-state index >= 15 is 0 Å². The molecule has 1 atom stereocenters. The maximum Gasteiger partial charge on any atom is 0.121 e. The fraction of sp³-hybridized carbons (Fsp3) is 0.857. The zero-order valence-electron chi connectivity index (χ0n) is 6.59. The van der Waals surface area contributed by atoms with E-state index in [1.165, 1.54) is 0 Å². The monoisotopic (exact) mass is 175 g/mol. The summed E-state index contributed by atoms with van der Waals surface area (Å²) in [6.45, 7) is 7.67. The molecule has 0 bridgehead atoms. The zero-order valence-corrected chi connectivity index (χ0v) is 8.30. The summed E-state index contributed by atoms with van der Waals surface area (Å²) in [6.07, 6.45) is 0. The number of thiol groups is 1. The van der Waals surface area contributed by atoms with Crippen molar-refractivity contribution in [2.24, 2.45) is 10.4 Å². The van der Waals surface area contributed by atoms with Gasteiger partial charge in [0.05, 0.1) is 6.54 Å². The molecule has 0 saturated carbocycles. The Morgan fingerprint density at radius 2 is 2.20 bits per heavy atom. The molecule has 1 rings (SSSR count). The lowest BCUT2D eigenvalue weighted by molar-refractivity contribution is 0.402. The van der Waals surface area contributed by atoms with Crippen molar-refractivity contribution in [2.75, 3.05) is 6.54 Å². The van der Waals surface area contributed by atoms with E-state index in [-0.39, 0.29) is 0 Å². The Morgan fingerprint density at radius 1 is 1.60 bits per heavy atom. The smallest absolute Gasteiger partial charge is 0.121 e. The van der Waals surface area contributed by atoms with E-state index in [0.717, 1.165) is 10.9 Å². The molecular formula is C7H13NS2. The van der Waals surface area contributed by atoms with Gasteiger partial charge in [0.25, 0.3) is 0 Å². The number of rotatable bonds is 0. The molecule has 1 heterocycles. The highest BCUT2D eigenvalue weighted by Crippen LogP contribution is 2.35. The number of hydrogen-bond donors (Lipinski definition) is 1. The minimum absolute atomic E-state index is 0.360. The lowest BCUT2D eigenvalue weighted by Gasteiger charge is -2.24. The van der Waals surface area contributed by atoms with Gasteiger partial charge in [0.15, 0.2) is 0 Å². The fourth-order valence-corrected chi connectivity index (χ4v) is 2.18. The molecule has 0 spiro atoms. The van der Waals surface area contributed by atoms with Gasteiger partial charge in [-0.3, -0.25) is 4.99 Å². The Morgan fingerprint density at radius 3 is 2.40 bits per heavy atom. The Kier molecular flexibility index (Phi) is 2.35. The predicted octanol–water partition coefficient (Wildman–Crippen LogP) is 2.43. The van der Waals surface area contributed by atoms with Crippen molar-refractivity contribution in [1.82, 2.24) is 0 Å². The van der Waals surface area contributed by atoms with Gasteiger partial charge in [0.2, 0.25) is 0 Å². The first-order valence-electron chi connectivity index (χ1n) is 3.40. The summed E-state index contributed by atoms with van der Waals surface area (Å²) in [5.41, 5.74) is 0.360. The second kappa shape index (κ2) is 2.78. The van der Waals surface area contributed by atoms with Gasteiger partial charge in [0, 0.05) is 5.25 Å². The third-order valence-electron chi connectivity index (χ3n) is 1.61. The van der Waals surface area contributed by atoms with Crippen LogP contribution in [0.3, 0.4) is 0 Å². The molecule has 0 saturated heterocycles. The average molecular weight is 175 g/mol. The van der Waals surface area contributed by atoms with E-state index in [1.807, 2.05) is 0 Å². The van der Waals surface area contributed by atoms with Crippen LogP contribution in [0.4, 0.5) is 0 Å². The number of hydrogen-bond acceptors (Lipinski definition) is 2. The summed E-state index contributed by atoms with van der Waals surface area (Å²) in [5.74, 6) is 0. The maximum atomic E-state index is 4.23. The first kappa shape index (κ1) is 8.47. The van der Waals surface area contributed by atoms with E-state index in [4.69, 9.17) is 0 Å². The van der Waals surface area contributed by atoms with E-state index in [9.17, 15) is 0 Å². The van der Waals surface area contributed by atoms with Crippen LogP contribution in [0.1, 0.15) is 20.8 Å². The van der Waals surface area contributed by atoms with E-state index < -0.39 is 0 Å². The van der Waals surface area contributed by atoms with Crippen molar-refractivity contribution >= 4 is 28.8 Å². The van der Waals surface area contributed by atoms with Crippen LogP contribution in [-0.4, -0.2) is 16.2 Å². The van der Waals surface area contributed by atoms with Crippen molar-refractivity contribution in [3.63, 3.8) is 0 Å². The molecule has 0 aromatic heterocycles. The minimum Gasteiger partial charge on any atom is -0.271 e. The van der Waals surface area contributed by atoms with E-state index in [1.54, 1.807) is 11.8 Å². The standard InChI is InChI=1S/C7H13NS2/c1-7(2,3)5-4-8-6(9)10-5/h5H,4H2,1-3H3,(H,8,9). The van der Waals surface area contributed by atoms with Crippen LogP contribution in [0.25, 0.3) is 0 Å². The van der Waals surface area contributed by atoms with Crippen molar-refractivity contribution < 1.29 is 0 Å². The summed E-state index contributed by atoms with van der Waals surface area (Å²) in [7, 11) is 0. The molecule has 1 aliphatic rings. The molecule has 58 valence electrons. The highest BCUT2D eigenvalue weighted by Gasteiger charge is 2.29. The van der Waals surface area contributed by atoms with Gasteiger partial charge < -0.3 is 0 Å². The Hall–Kier alpha value is 0.370. The maximum absolute atomic E-state index is 4.23. The molecule has 0 amide bonds. The lowest BCUT2D eigenvalue weighted by Crippen LogP contribution is -2.23. The molecule has 0 aromatic carbocycles. The van der Waals surface area contributed by atoms with Gasteiger partial charge in [0.1, 0.15) is 4.38 Å². The average Bonchev–Trinajstić information content (AvgIpc) is 2.11. The first-order chi connectivity index (χ1) is 4.50. The summed E-state index contributed by atoms with van der Waals surface area (Å²) in [5, 5.41) is 0.625. The van der Waals surface area contributed by atoms with Crippen molar-refractivity contribution in [3.8, 4) is 0 Å². The molecule has 1 nitrogen and oxygen atoms in total. The molecule has 10 heavy (non-hydrogen) atoms. The second-order valence-electron chi connectivity index (χ2n) is 3.60. The van der Waals surface area contributed by atoms with Gasteiger partial charge in [-0.2, -0.15) is 0 Å². The normalized spacial score (nSPS) is 26.8. The van der Waals surface area contributed by atoms with Gasteiger partial charge >= 0.3 is 0 Å². The van der Waals surface area contributed by atoms with Crippen LogP contribution < -0.4 is 0 Å². The van der Waals surface area contributed by atoms with Crippen molar-refractivity contribution in [2.45, 2.75) is 26.0 Å². The predicted molar refractivity (Wildman–Crippen MR) is 52.1 cm³/mol. The molecule has 3 heteroatoms. The zero-order chi connectivity index (χ0) is 7.78. The summed E-state index contributed by atoms with van der Waals surface area (Å²) >= 11 is 5.98. The second-order valence-corrected chi connectivity index (χ2v) is 5.51. The van der Waals surface area contributed by atoms with Crippen LogP contribution in [0, 0.1) is 5.41 Å². The van der Waals surface area contributed by atoms with Crippen LogP contribution in [0.15, 0.2) is 4.99 Å². The summed E-state index contributed by atoms with van der Waals surface area (Å²) < 4.78 is 0.944. The molecule has 0 aliphatic carbocycles. The fourth-order valence-electron chi connectivity index (χ4n) is 0.813. The quantitative estimate of drug-likeness (QED) is 0.558. The first-order valence-corrected chi connectivity index (χ1v) is 4.73. The van der Waals surface area contributed by atoms with E-state index in [0.29, 0.717) is 10.7 Å². The van der Waals surface area contributed by atoms with Gasteiger partial charge in [-0.05, 0) is 5.41 Å². The van der Waals surface area contributed by atoms with Gasteiger partial charge in [-0.1, -0.05) is 32.5 Å². The topological polar surface area (TPSA) is 12.4 Å². The van der Waals surface area contributed by atoms with Crippen LogP contribution >= 0.6 is 24.4 Å². The number of thioether (sulfide) groups is 1. The number of nitrogens with zero attached hydrogens (tertiary/aromatic N) is 1. The molecule has 0 radical (unpaired) electrons.